The van der Waals surface area contributed by atoms with Crippen LogP contribution in [0.1, 0.15) is 24.1 Å². The Kier molecular flexibility index (Phi) is 5.29. The fourth-order valence-electron chi connectivity index (χ4n) is 4.30. The van der Waals surface area contributed by atoms with Gasteiger partial charge < -0.3 is 0 Å². The Morgan fingerprint density at radius 2 is 1.71 bits per heavy atom. The molecule has 2 heterocycles. The monoisotopic (exact) mass is 432 g/mol. The highest BCUT2D eigenvalue weighted by atomic mass is 32.2. The quantitative estimate of drug-likeness (QED) is 0.500. The molecule has 1 aliphatic rings. The van der Waals surface area contributed by atoms with Crippen molar-refractivity contribution in [1.82, 2.24) is 19.5 Å². The molecule has 5 rings (SSSR count). The van der Waals surface area contributed by atoms with Crippen LogP contribution in [0.3, 0.4) is 0 Å². The first-order valence-electron chi connectivity index (χ1n) is 10.6. The van der Waals surface area contributed by atoms with E-state index in [1.807, 2.05) is 47.1 Å². The van der Waals surface area contributed by atoms with E-state index in [1.165, 1.54) is 11.3 Å². The summed E-state index contributed by atoms with van der Waals surface area (Å²) in [7, 11) is -3.59. The SMILES string of the molecule is O=S(=O)(NCCn1nc(-c2ccncc2)c2c1CCCC2)c1ccc2ccccc2c1. The summed E-state index contributed by atoms with van der Waals surface area (Å²) in [6, 6.07) is 16.9. The molecule has 4 aromatic rings. The molecule has 7 heteroatoms. The molecular formula is C24H24N4O2S. The van der Waals surface area contributed by atoms with E-state index >= 15 is 0 Å². The average molecular weight is 433 g/mol. The lowest BCUT2D eigenvalue weighted by Crippen LogP contribution is -2.28. The zero-order valence-corrected chi connectivity index (χ0v) is 18.0. The molecule has 0 spiro atoms. The second-order valence-electron chi connectivity index (χ2n) is 7.85. The lowest BCUT2D eigenvalue weighted by atomic mass is 9.94. The topological polar surface area (TPSA) is 76.9 Å². The second-order valence-corrected chi connectivity index (χ2v) is 9.61. The Bertz CT molecular complexity index is 1330. The smallest absolute Gasteiger partial charge is 0.240 e. The van der Waals surface area contributed by atoms with Crippen LogP contribution in [0.15, 0.2) is 71.9 Å². The number of nitrogens with one attached hydrogen (secondary N) is 1. The number of hydrogen-bond acceptors (Lipinski definition) is 4. The van der Waals surface area contributed by atoms with Crippen molar-refractivity contribution >= 4 is 20.8 Å². The Morgan fingerprint density at radius 3 is 2.55 bits per heavy atom. The van der Waals surface area contributed by atoms with Crippen molar-refractivity contribution < 1.29 is 8.42 Å². The minimum atomic E-state index is -3.59. The molecule has 0 atom stereocenters. The van der Waals surface area contributed by atoms with Gasteiger partial charge in [-0.25, -0.2) is 13.1 Å². The number of sulfonamides is 1. The van der Waals surface area contributed by atoms with Gasteiger partial charge >= 0.3 is 0 Å². The maximum atomic E-state index is 12.8. The maximum absolute atomic E-state index is 12.8. The fourth-order valence-corrected chi connectivity index (χ4v) is 5.36. The van der Waals surface area contributed by atoms with E-state index in [9.17, 15) is 8.42 Å². The third-order valence-corrected chi connectivity index (χ3v) is 7.32. The number of benzene rings is 2. The van der Waals surface area contributed by atoms with Gasteiger partial charge in [-0.2, -0.15) is 5.10 Å². The summed E-state index contributed by atoms with van der Waals surface area (Å²) < 4.78 is 30.4. The summed E-state index contributed by atoms with van der Waals surface area (Å²) in [6.07, 6.45) is 7.84. The van der Waals surface area contributed by atoms with Crippen molar-refractivity contribution in [1.29, 1.82) is 0 Å². The van der Waals surface area contributed by atoms with E-state index in [4.69, 9.17) is 5.10 Å². The molecule has 31 heavy (non-hydrogen) atoms. The molecule has 0 aliphatic heterocycles. The van der Waals surface area contributed by atoms with E-state index in [0.29, 0.717) is 13.1 Å². The van der Waals surface area contributed by atoms with Gasteiger partial charge in [0, 0.05) is 35.8 Å². The van der Waals surface area contributed by atoms with E-state index in [2.05, 4.69) is 9.71 Å². The highest BCUT2D eigenvalue weighted by Gasteiger charge is 2.22. The molecule has 0 saturated carbocycles. The maximum Gasteiger partial charge on any atom is 0.240 e. The van der Waals surface area contributed by atoms with Crippen LogP contribution in [0.4, 0.5) is 0 Å². The zero-order valence-electron chi connectivity index (χ0n) is 17.2. The Labute approximate surface area is 182 Å². The van der Waals surface area contributed by atoms with Gasteiger partial charge in [0.1, 0.15) is 0 Å². The van der Waals surface area contributed by atoms with Crippen LogP contribution in [0.5, 0.6) is 0 Å². The van der Waals surface area contributed by atoms with Crippen LogP contribution < -0.4 is 4.72 Å². The molecule has 6 nitrogen and oxygen atoms in total. The Balaban J connectivity index is 1.35. The van der Waals surface area contributed by atoms with Gasteiger partial charge in [0.15, 0.2) is 0 Å². The number of nitrogens with zero attached hydrogens (tertiary/aromatic N) is 3. The van der Waals surface area contributed by atoms with Crippen LogP contribution >= 0.6 is 0 Å². The van der Waals surface area contributed by atoms with Crippen LogP contribution in [-0.4, -0.2) is 29.7 Å². The van der Waals surface area contributed by atoms with E-state index in [-0.39, 0.29) is 4.90 Å². The minimum absolute atomic E-state index is 0.283. The van der Waals surface area contributed by atoms with Crippen LogP contribution in [0.25, 0.3) is 22.0 Å². The molecule has 0 unspecified atom stereocenters. The van der Waals surface area contributed by atoms with Crippen molar-refractivity contribution in [3.05, 3.63) is 78.2 Å². The van der Waals surface area contributed by atoms with Gasteiger partial charge in [0.2, 0.25) is 10.0 Å². The fraction of sp³-hybridized carbons (Fsp3) is 0.250. The van der Waals surface area contributed by atoms with Gasteiger partial charge in [-0.3, -0.25) is 9.67 Å². The predicted octanol–water partition coefficient (Wildman–Crippen LogP) is 3.96. The van der Waals surface area contributed by atoms with E-state index in [0.717, 1.165) is 47.7 Å². The van der Waals surface area contributed by atoms with Crippen LogP contribution in [0.2, 0.25) is 0 Å². The predicted molar refractivity (Wildman–Crippen MR) is 121 cm³/mol. The van der Waals surface area contributed by atoms with E-state index < -0.39 is 10.0 Å². The third-order valence-electron chi connectivity index (χ3n) is 5.86. The summed E-state index contributed by atoms with van der Waals surface area (Å²) in [5.74, 6) is 0. The molecule has 0 radical (unpaired) electrons. The standard InChI is InChI=1S/C24H24N4O2S/c29-31(30,21-10-9-18-5-1-2-6-20(18)17-21)26-15-16-28-23-8-4-3-7-22(23)24(27-28)19-11-13-25-14-12-19/h1-2,5-6,9-14,17,26H,3-4,7-8,15-16H2. The molecular weight excluding hydrogens is 408 g/mol. The van der Waals surface area contributed by atoms with E-state index in [1.54, 1.807) is 24.5 Å². The normalized spacial score (nSPS) is 13.9. The number of hydrogen-bond donors (Lipinski definition) is 1. The van der Waals surface area contributed by atoms with Crippen molar-refractivity contribution in [2.45, 2.75) is 37.1 Å². The summed E-state index contributed by atoms with van der Waals surface area (Å²) in [5, 5.41) is 6.78. The van der Waals surface area contributed by atoms with Gasteiger partial charge in [0.05, 0.1) is 17.1 Å². The van der Waals surface area contributed by atoms with Crippen LogP contribution in [-0.2, 0) is 29.4 Å². The Hall–Kier alpha value is -3.03. The third kappa shape index (κ3) is 3.98. The second kappa shape index (κ2) is 8.24. The summed E-state index contributed by atoms with van der Waals surface area (Å²) >= 11 is 0. The summed E-state index contributed by atoms with van der Waals surface area (Å²) in [4.78, 5) is 4.39. The average Bonchev–Trinajstić information content (AvgIpc) is 3.18. The molecule has 1 aliphatic carbocycles. The highest BCUT2D eigenvalue weighted by Crippen LogP contribution is 2.31. The first-order chi connectivity index (χ1) is 15.1. The highest BCUT2D eigenvalue weighted by molar-refractivity contribution is 7.89. The number of aromatic nitrogens is 3. The minimum Gasteiger partial charge on any atom is -0.267 e. The lowest BCUT2D eigenvalue weighted by Gasteiger charge is -2.14. The molecule has 0 amide bonds. The first kappa shape index (κ1) is 19.9. The summed E-state index contributed by atoms with van der Waals surface area (Å²) in [5.41, 5.74) is 4.57. The van der Waals surface area contributed by atoms with Crippen molar-refractivity contribution in [3.8, 4) is 11.3 Å². The van der Waals surface area contributed by atoms with Crippen molar-refractivity contribution in [2.24, 2.45) is 0 Å². The zero-order chi connectivity index (χ0) is 21.3. The molecule has 2 aromatic carbocycles. The first-order valence-corrected chi connectivity index (χ1v) is 12.1. The molecule has 1 N–H and O–H groups in total. The molecule has 158 valence electrons. The number of pyridine rings is 1. The number of fused-ring (bicyclic) bond motifs is 2. The van der Waals surface area contributed by atoms with Gasteiger partial charge in [-0.05, 0) is 60.7 Å². The van der Waals surface area contributed by atoms with Gasteiger partial charge in [-0.15, -0.1) is 0 Å². The summed E-state index contributed by atoms with van der Waals surface area (Å²) in [6.45, 7) is 0.791. The molecule has 0 fully saturated rings. The lowest BCUT2D eigenvalue weighted by molar-refractivity contribution is 0.539. The van der Waals surface area contributed by atoms with Crippen molar-refractivity contribution in [3.63, 3.8) is 0 Å². The largest absolute Gasteiger partial charge is 0.267 e. The Morgan fingerprint density at radius 1 is 0.935 bits per heavy atom. The van der Waals surface area contributed by atoms with Crippen molar-refractivity contribution in [2.75, 3.05) is 6.54 Å². The van der Waals surface area contributed by atoms with Crippen LogP contribution in [0, 0.1) is 0 Å². The molecule has 2 aromatic heterocycles. The van der Waals surface area contributed by atoms with Gasteiger partial charge in [0.25, 0.3) is 0 Å². The van der Waals surface area contributed by atoms with Gasteiger partial charge in [-0.1, -0.05) is 30.3 Å². The molecule has 0 saturated heterocycles. The molecule has 0 bridgehead atoms. The number of rotatable bonds is 6.